The summed E-state index contributed by atoms with van der Waals surface area (Å²) in [5, 5.41) is 10.8. The zero-order valence-corrected chi connectivity index (χ0v) is 15.8. The molecular formula is C20H28N6O. The topological polar surface area (TPSA) is 66.3 Å². The van der Waals surface area contributed by atoms with Crippen LogP contribution in [0.2, 0.25) is 0 Å². The summed E-state index contributed by atoms with van der Waals surface area (Å²) in [7, 11) is 0. The van der Waals surface area contributed by atoms with Crippen molar-refractivity contribution >= 4 is 11.7 Å². The largest absolute Gasteiger partial charge is 0.371 e. The van der Waals surface area contributed by atoms with E-state index in [0.717, 1.165) is 52.0 Å². The molecule has 0 saturated carbocycles. The standard InChI is InChI=1S/C20H28N6O/c27-20(25-13-8-18(9-14-25)26-15-22-23-16-26)21-10-4-12-24-11-3-6-17-5-1-2-7-19(17)24/h1-2,5,7,15-16,18H,3-4,6,8-14H2,(H,21,27). The van der Waals surface area contributed by atoms with Gasteiger partial charge in [-0.2, -0.15) is 0 Å². The Hall–Kier alpha value is -2.57. The molecule has 1 fully saturated rings. The fraction of sp³-hybridized carbons (Fsp3) is 0.550. The Morgan fingerprint density at radius 3 is 2.70 bits per heavy atom. The molecule has 1 aromatic carbocycles. The van der Waals surface area contributed by atoms with Crippen LogP contribution in [0.15, 0.2) is 36.9 Å². The summed E-state index contributed by atoms with van der Waals surface area (Å²) in [6.45, 7) is 4.40. The van der Waals surface area contributed by atoms with Gasteiger partial charge in [0, 0.05) is 44.5 Å². The second-order valence-electron chi connectivity index (χ2n) is 7.43. The number of aryl methyl sites for hydroxylation is 1. The Bertz CT molecular complexity index is 739. The van der Waals surface area contributed by atoms with Crippen molar-refractivity contribution in [1.29, 1.82) is 0 Å². The van der Waals surface area contributed by atoms with Crippen LogP contribution in [0.5, 0.6) is 0 Å². The third-order valence-corrected chi connectivity index (χ3v) is 5.70. The Labute approximate surface area is 160 Å². The van der Waals surface area contributed by atoms with E-state index in [9.17, 15) is 4.79 Å². The highest BCUT2D eigenvalue weighted by molar-refractivity contribution is 5.74. The Kier molecular flexibility index (Phi) is 5.55. The molecule has 1 N–H and O–H groups in total. The number of likely N-dealkylation sites (tertiary alicyclic amines) is 1. The lowest BCUT2D eigenvalue weighted by molar-refractivity contribution is 0.171. The molecule has 2 aliphatic rings. The molecule has 2 aliphatic heterocycles. The van der Waals surface area contributed by atoms with E-state index >= 15 is 0 Å². The summed E-state index contributed by atoms with van der Waals surface area (Å²) in [6.07, 6.45) is 8.79. The van der Waals surface area contributed by atoms with Crippen molar-refractivity contribution < 1.29 is 4.79 Å². The van der Waals surface area contributed by atoms with Gasteiger partial charge in [0.15, 0.2) is 0 Å². The van der Waals surface area contributed by atoms with Crippen molar-refractivity contribution in [2.45, 2.75) is 38.1 Å². The summed E-state index contributed by atoms with van der Waals surface area (Å²) < 4.78 is 2.05. The maximum Gasteiger partial charge on any atom is 0.317 e. The van der Waals surface area contributed by atoms with E-state index in [2.05, 4.69) is 44.7 Å². The molecule has 0 radical (unpaired) electrons. The maximum atomic E-state index is 12.4. The molecule has 144 valence electrons. The number of aromatic nitrogens is 3. The quantitative estimate of drug-likeness (QED) is 0.824. The number of amides is 2. The van der Waals surface area contributed by atoms with Crippen molar-refractivity contribution in [3.63, 3.8) is 0 Å². The SMILES string of the molecule is O=C(NCCCN1CCCc2ccccc21)N1CCC(n2cnnc2)CC1. The van der Waals surface area contributed by atoms with Crippen molar-refractivity contribution in [2.75, 3.05) is 37.6 Å². The summed E-state index contributed by atoms with van der Waals surface area (Å²) in [5.41, 5.74) is 2.81. The summed E-state index contributed by atoms with van der Waals surface area (Å²) >= 11 is 0. The van der Waals surface area contributed by atoms with Gasteiger partial charge in [-0.05, 0) is 43.7 Å². The second kappa shape index (κ2) is 8.41. The molecule has 7 heteroatoms. The molecular weight excluding hydrogens is 340 g/mol. The Morgan fingerprint density at radius 2 is 1.89 bits per heavy atom. The number of piperidine rings is 1. The first-order chi connectivity index (χ1) is 13.3. The van der Waals surface area contributed by atoms with Gasteiger partial charge < -0.3 is 19.7 Å². The molecule has 0 aliphatic carbocycles. The molecule has 2 amide bonds. The van der Waals surface area contributed by atoms with Crippen LogP contribution in [-0.2, 0) is 6.42 Å². The van der Waals surface area contributed by atoms with E-state index < -0.39 is 0 Å². The normalized spacial score (nSPS) is 17.6. The van der Waals surface area contributed by atoms with E-state index in [1.54, 1.807) is 12.7 Å². The monoisotopic (exact) mass is 368 g/mol. The molecule has 0 bridgehead atoms. The van der Waals surface area contributed by atoms with Crippen molar-refractivity contribution in [1.82, 2.24) is 25.0 Å². The van der Waals surface area contributed by atoms with Gasteiger partial charge in [-0.15, -0.1) is 10.2 Å². The van der Waals surface area contributed by atoms with Crippen LogP contribution in [0.3, 0.4) is 0 Å². The number of nitrogens with zero attached hydrogens (tertiary/aromatic N) is 5. The maximum absolute atomic E-state index is 12.4. The first kappa shape index (κ1) is 17.8. The lowest BCUT2D eigenvalue weighted by atomic mass is 10.0. The van der Waals surface area contributed by atoms with Gasteiger partial charge in [0.05, 0.1) is 0 Å². The van der Waals surface area contributed by atoms with Gasteiger partial charge in [-0.25, -0.2) is 4.79 Å². The van der Waals surface area contributed by atoms with E-state index in [-0.39, 0.29) is 6.03 Å². The number of fused-ring (bicyclic) bond motifs is 1. The summed E-state index contributed by atoms with van der Waals surface area (Å²) in [5.74, 6) is 0. The first-order valence-corrected chi connectivity index (χ1v) is 10.0. The highest BCUT2D eigenvalue weighted by atomic mass is 16.2. The first-order valence-electron chi connectivity index (χ1n) is 10.0. The summed E-state index contributed by atoms with van der Waals surface area (Å²) in [4.78, 5) is 16.8. The van der Waals surface area contributed by atoms with Crippen molar-refractivity contribution in [2.24, 2.45) is 0 Å². The van der Waals surface area contributed by atoms with Crippen LogP contribution >= 0.6 is 0 Å². The molecule has 7 nitrogen and oxygen atoms in total. The minimum absolute atomic E-state index is 0.0660. The molecule has 1 saturated heterocycles. The fourth-order valence-corrected chi connectivity index (χ4v) is 4.19. The van der Waals surface area contributed by atoms with E-state index in [1.165, 1.54) is 24.1 Å². The molecule has 0 spiro atoms. The lowest BCUT2D eigenvalue weighted by Crippen LogP contribution is -2.45. The van der Waals surface area contributed by atoms with E-state index in [0.29, 0.717) is 6.04 Å². The van der Waals surface area contributed by atoms with Crippen LogP contribution in [0.25, 0.3) is 0 Å². The van der Waals surface area contributed by atoms with Crippen LogP contribution < -0.4 is 10.2 Å². The highest BCUT2D eigenvalue weighted by Crippen LogP contribution is 2.26. The van der Waals surface area contributed by atoms with Gasteiger partial charge >= 0.3 is 6.03 Å². The van der Waals surface area contributed by atoms with Crippen LogP contribution in [0.1, 0.15) is 37.3 Å². The number of anilines is 1. The zero-order valence-electron chi connectivity index (χ0n) is 15.8. The number of rotatable bonds is 5. The molecule has 2 aromatic rings. The number of carbonyl (C=O) groups excluding carboxylic acids is 1. The predicted molar refractivity (Wildman–Crippen MR) is 105 cm³/mol. The van der Waals surface area contributed by atoms with Crippen LogP contribution in [0.4, 0.5) is 10.5 Å². The average molecular weight is 368 g/mol. The van der Waals surface area contributed by atoms with Gasteiger partial charge in [-0.1, -0.05) is 18.2 Å². The Morgan fingerprint density at radius 1 is 1.11 bits per heavy atom. The van der Waals surface area contributed by atoms with Gasteiger partial charge in [0.1, 0.15) is 12.7 Å². The number of urea groups is 1. The molecule has 4 rings (SSSR count). The molecule has 0 atom stereocenters. The van der Waals surface area contributed by atoms with Crippen LogP contribution in [0, 0.1) is 0 Å². The third kappa shape index (κ3) is 4.23. The summed E-state index contributed by atoms with van der Waals surface area (Å²) in [6, 6.07) is 9.15. The fourth-order valence-electron chi connectivity index (χ4n) is 4.19. The molecule has 3 heterocycles. The Balaban J connectivity index is 1.18. The average Bonchev–Trinajstić information content (AvgIpc) is 3.26. The zero-order chi connectivity index (χ0) is 18.5. The van der Waals surface area contributed by atoms with Crippen LogP contribution in [-0.4, -0.2) is 58.4 Å². The minimum Gasteiger partial charge on any atom is -0.371 e. The predicted octanol–water partition coefficient (Wildman–Crippen LogP) is 2.47. The van der Waals surface area contributed by atoms with Crippen molar-refractivity contribution in [3.05, 3.63) is 42.5 Å². The van der Waals surface area contributed by atoms with Gasteiger partial charge in [0.25, 0.3) is 0 Å². The number of para-hydroxylation sites is 1. The lowest BCUT2D eigenvalue weighted by Gasteiger charge is -2.33. The van der Waals surface area contributed by atoms with Gasteiger partial charge in [0.2, 0.25) is 0 Å². The highest BCUT2D eigenvalue weighted by Gasteiger charge is 2.23. The molecule has 1 aromatic heterocycles. The smallest absolute Gasteiger partial charge is 0.317 e. The van der Waals surface area contributed by atoms with E-state index in [4.69, 9.17) is 0 Å². The number of hydrogen-bond acceptors (Lipinski definition) is 4. The third-order valence-electron chi connectivity index (χ3n) is 5.70. The number of nitrogens with one attached hydrogen (secondary N) is 1. The van der Waals surface area contributed by atoms with Gasteiger partial charge in [-0.3, -0.25) is 0 Å². The van der Waals surface area contributed by atoms with E-state index in [1.807, 2.05) is 9.47 Å². The molecule has 27 heavy (non-hydrogen) atoms. The number of benzene rings is 1. The molecule has 0 unspecified atom stereocenters. The number of hydrogen-bond donors (Lipinski definition) is 1. The second-order valence-corrected chi connectivity index (χ2v) is 7.43. The number of carbonyl (C=O) groups is 1. The van der Waals surface area contributed by atoms with Crippen molar-refractivity contribution in [3.8, 4) is 0 Å². The minimum atomic E-state index is 0.0660.